The zero-order valence-electron chi connectivity index (χ0n) is 11.7. The fraction of sp³-hybridized carbons (Fsp3) is 0.923. The van der Waals surface area contributed by atoms with Gasteiger partial charge in [-0.05, 0) is 33.1 Å². The molecule has 4 heteroatoms. The highest BCUT2D eigenvalue weighted by atomic mass is 16.6. The van der Waals surface area contributed by atoms with E-state index in [0.29, 0.717) is 12.0 Å². The molecule has 17 heavy (non-hydrogen) atoms. The summed E-state index contributed by atoms with van der Waals surface area (Å²) in [6.45, 7) is 12.5. The topological polar surface area (TPSA) is 41.6 Å². The van der Waals surface area contributed by atoms with Crippen molar-refractivity contribution in [3.63, 3.8) is 0 Å². The van der Waals surface area contributed by atoms with Crippen molar-refractivity contribution >= 4 is 6.09 Å². The van der Waals surface area contributed by atoms with Crippen molar-refractivity contribution in [2.75, 3.05) is 19.6 Å². The summed E-state index contributed by atoms with van der Waals surface area (Å²) >= 11 is 0. The van der Waals surface area contributed by atoms with Crippen LogP contribution in [0.3, 0.4) is 0 Å². The van der Waals surface area contributed by atoms with Gasteiger partial charge in [-0.25, -0.2) is 4.79 Å². The predicted octanol–water partition coefficient (Wildman–Crippen LogP) is 2.24. The minimum Gasteiger partial charge on any atom is -0.444 e. The van der Waals surface area contributed by atoms with Gasteiger partial charge in [-0.1, -0.05) is 13.8 Å². The van der Waals surface area contributed by atoms with Crippen molar-refractivity contribution in [3.8, 4) is 0 Å². The highest BCUT2D eigenvalue weighted by Gasteiger charge is 2.27. The van der Waals surface area contributed by atoms with E-state index in [2.05, 4.69) is 19.2 Å². The standard InChI is InChI=1S/C13H26N2O2/c1-10(2)8-11-9-15(7-6-14-11)12(16)17-13(3,4)5/h10-11,14H,6-9H2,1-5H3. The number of amides is 1. The number of hydrogen-bond donors (Lipinski definition) is 1. The third kappa shape index (κ3) is 5.39. The second kappa shape index (κ2) is 5.71. The largest absolute Gasteiger partial charge is 0.444 e. The molecular weight excluding hydrogens is 216 g/mol. The average molecular weight is 242 g/mol. The van der Waals surface area contributed by atoms with E-state index in [1.807, 2.05) is 25.7 Å². The number of ether oxygens (including phenoxy) is 1. The average Bonchev–Trinajstić information content (AvgIpc) is 2.14. The monoisotopic (exact) mass is 242 g/mol. The van der Waals surface area contributed by atoms with E-state index >= 15 is 0 Å². The van der Waals surface area contributed by atoms with E-state index in [1.165, 1.54) is 0 Å². The minimum absolute atomic E-state index is 0.187. The number of hydrogen-bond acceptors (Lipinski definition) is 3. The maximum atomic E-state index is 11.9. The summed E-state index contributed by atoms with van der Waals surface area (Å²) < 4.78 is 5.39. The fourth-order valence-electron chi connectivity index (χ4n) is 2.04. The van der Waals surface area contributed by atoms with Crippen LogP contribution in [0.4, 0.5) is 4.79 Å². The summed E-state index contributed by atoms with van der Waals surface area (Å²) in [5.41, 5.74) is -0.407. The molecule has 1 aliphatic heterocycles. The zero-order valence-corrected chi connectivity index (χ0v) is 11.7. The lowest BCUT2D eigenvalue weighted by atomic mass is 10.0. The van der Waals surface area contributed by atoms with Crippen LogP contribution in [-0.4, -0.2) is 42.3 Å². The van der Waals surface area contributed by atoms with Crippen LogP contribution in [0.5, 0.6) is 0 Å². The Kier molecular flexibility index (Phi) is 4.80. The molecule has 4 nitrogen and oxygen atoms in total. The van der Waals surface area contributed by atoms with E-state index in [0.717, 1.165) is 26.1 Å². The van der Waals surface area contributed by atoms with Gasteiger partial charge in [0.05, 0.1) is 0 Å². The van der Waals surface area contributed by atoms with E-state index in [4.69, 9.17) is 4.74 Å². The maximum absolute atomic E-state index is 11.9. The number of carbonyl (C=O) groups excluding carboxylic acids is 1. The van der Waals surface area contributed by atoms with Crippen LogP contribution < -0.4 is 5.32 Å². The lowest BCUT2D eigenvalue weighted by Gasteiger charge is -2.35. The molecule has 1 rings (SSSR count). The van der Waals surface area contributed by atoms with Crippen molar-refractivity contribution in [3.05, 3.63) is 0 Å². The van der Waals surface area contributed by atoms with Gasteiger partial charge < -0.3 is 15.0 Å². The molecule has 0 aliphatic carbocycles. The molecule has 0 aromatic rings. The zero-order chi connectivity index (χ0) is 13.1. The normalized spacial score (nSPS) is 21.8. The Hall–Kier alpha value is -0.770. The molecule has 1 amide bonds. The molecule has 1 heterocycles. The Bertz CT molecular complexity index is 259. The van der Waals surface area contributed by atoms with Gasteiger partial charge in [0.2, 0.25) is 0 Å². The number of carbonyl (C=O) groups is 1. The predicted molar refractivity (Wildman–Crippen MR) is 69.1 cm³/mol. The fourth-order valence-corrected chi connectivity index (χ4v) is 2.04. The van der Waals surface area contributed by atoms with Crippen molar-refractivity contribution < 1.29 is 9.53 Å². The maximum Gasteiger partial charge on any atom is 0.410 e. The van der Waals surface area contributed by atoms with Crippen molar-refractivity contribution in [2.45, 2.75) is 52.7 Å². The summed E-state index contributed by atoms with van der Waals surface area (Å²) in [6.07, 6.45) is 0.909. The van der Waals surface area contributed by atoms with Crippen LogP contribution in [0.1, 0.15) is 41.0 Å². The molecule has 0 aromatic heterocycles. The lowest BCUT2D eigenvalue weighted by molar-refractivity contribution is 0.0188. The van der Waals surface area contributed by atoms with E-state index in [1.54, 1.807) is 0 Å². The lowest BCUT2D eigenvalue weighted by Crippen LogP contribution is -2.53. The Morgan fingerprint density at radius 1 is 1.47 bits per heavy atom. The van der Waals surface area contributed by atoms with Gasteiger partial charge >= 0.3 is 6.09 Å². The minimum atomic E-state index is -0.407. The summed E-state index contributed by atoms with van der Waals surface area (Å²) in [7, 11) is 0. The summed E-state index contributed by atoms with van der Waals surface area (Å²) in [6, 6.07) is 0.399. The first-order chi connectivity index (χ1) is 7.78. The van der Waals surface area contributed by atoms with Crippen LogP contribution in [0.25, 0.3) is 0 Å². The van der Waals surface area contributed by atoms with E-state index in [-0.39, 0.29) is 6.09 Å². The summed E-state index contributed by atoms with van der Waals surface area (Å²) in [4.78, 5) is 13.7. The Balaban J connectivity index is 2.46. The SMILES string of the molecule is CC(C)CC1CN(C(=O)OC(C)(C)C)CCN1. The van der Waals surface area contributed by atoms with Crippen molar-refractivity contribution in [1.82, 2.24) is 10.2 Å². The van der Waals surface area contributed by atoms with E-state index in [9.17, 15) is 4.79 Å². The molecule has 0 saturated carbocycles. The molecule has 100 valence electrons. The molecule has 0 radical (unpaired) electrons. The number of rotatable bonds is 2. The van der Waals surface area contributed by atoms with Crippen LogP contribution in [0, 0.1) is 5.92 Å². The van der Waals surface area contributed by atoms with Crippen LogP contribution >= 0.6 is 0 Å². The van der Waals surface area contributed by atoms with Gasteiger partial charge in [0.1, 0.15) is 5.60 Å². The van der Waals surface area contributed by atoms with Crippen LogP contribution in [-0.2, 0) is 4.74 Å². The highest BCUT2D eigenvalue weighted by Crippen LogP contribution is 2.14. The van der Waals surface area contributed by atoms with Crippen LogP contribution in [0.2, 0.25) is 0 Å². The molecule has 1 N–H and O–H groups in total. The first-order valence-corrected chi connectivity index (χ1v) is 6.49. The quantitative estimate of drug-likeness (QED) is 0.807. The third-order valence-electron chi connectivity index (χ3n) is 2.66. The second-order valence-electron chi connectivity index (χ2n) is 6.21. The first-order valence-electron chi connectivity index (χ1n) is 6.49. The molecule has 1 atom stereocenters. The van der Waals surface area contributed by atoms with Gasteiger partial charge in [-0.15, -0.1) is 0 Å². The molecule has 0 spiro atoms. The summed E-state index contributed by atoms with van der Waals surface area (Å²) in [5.74, 6) is 0.645. The van der Waals surface area contributed by atoms with Gasteiger partial charge in [0.25, 0.3) is 0 Å². The van der Waals surface area contributed by atoms with Crippen molar-refractivity contribution in [1.29, 1.82) is 0 Å². The summed E-state index contributed by atoms with van der Waals surface area (Å²) in [5, 5.41) is 3.45. The van der Waals surface area contributed by atoms with Gasteiger partial charge in [0.15, 0.2) is 0 Å². The van der Waals surface area contributed by atoms with Crippen molar-refractivity contribution in [2.24, 2.45) is 5.92 Å². The van der Waals surface area contributed by atoms with Gasteiger partial charge in [-0.3, -0.25) is 0 Å². The molecule has 1 aliphatic rings. The Morgan fingerprint density at radius 3 is 2.65 bits per heavy atom. The third-order valence-corrected chi connectivity index (χ3v) is 2.66. The highest BCUT2D eigenvalue weighted by molar-refractivity contribution is 5.68. The Morgan fingerprint density at radius 2 is 2.12 bits per heavy atom. The molecule has 0 aromatic carbocycles. The van der Waals surface area contributed by atoms with E-state index < -0.39 is 5.60 Å². The molecule has 1 saturated heterocycles. The van der Waals surface area contributed by atoms with Gasteiger partial charge in [-0.2, -0.15) is 0 Å². The van der Waals surface area contributed by atoms with Crippen LogP contribution in [0.15, 0.2) is 0 Å². The second-order valence-corrected chi connectivity index (χ2v) is 6.21. The smallest absolute Gasteiger partial charge is 0.410 e. The molecule has 0 bridgehead atoms. The Labute approximate surface area is 105 Å². The number of piperazine rings is 1. The molecule has 1 unspecified atom stereocenters. The van der Waals surface area contributed by atoms with Gasteiger partial charge in [0, 0.05) is 25.7 Å². The number of nitrogens with one attached hydrogen (secondary N) is 1. The first kappa shape index (κ1) is 14.3. The molecular formula is C13H26N2O2. The molecule has 1 fully saturated rings. The number of nitrogens with zero attached hydrogens (tertiary/aromatic N) is 1.